The Balaban J connectivity index is 2.52. The average molecular weight is 284 g/mol. The van der Waals surface area contributed by atoms with E-state index in [1.165, 1.54) is 38.9 Å². The number of rotatable bonds is 6. The topological polar surface area (TPSA) is 18.5 Å². The number of likely N-dealkylation sites (tertiary alicyclic amines) is 1. The van der Waals surface area contributed by atoms with Gasteiger partial charge in [0.1, 0.15) is 0 Å². The summed E-state index contributed by atoms with van der Waals surface area (Å²) in [6.07, 6.45) is 3.92. The molecule has 0 aromatic carbocycles. The van der Waals surface area contributed by atoms with Gasteiger partial charge >= 0.3 is 0 Å². The quantitative estimate of drug-likeness (QED) is 0.809. The molecule has 0 radical (unpaired) electrons. The zero-order valence-corrected chi connectivity index (χ0v) is 14.9. The molecule has 1 rings (SSSR count). The molecule has 0 amide bonds. The summed E-state index contributed by atoms with van der Waals surface area (Å²) < 4.78 is 0. The maximum atomic E-state index is 3.69. The van der Waals surface area contributed by atoms with Crippen LogP contribution >= 0.6 is 0 Å². The Morgan fingerprint density at radius 2 is 1.90 bits per heavy atom. The molecule has 3 nitrogen and oxygen atoms in total. The van der Waals surface area contributed by atoms with Gasteiger partial charge in [-0.15, -0.1) is 0 Å². The van der Waals surface area contributed by atoms with Gasteiger partial charge in [0.2, 0.25) is 0 Å². The summed E-state index contributed by atoms with van der Waals surface area (Å²) >= 11 is 0. The van der Waals surface area contributed by atoms with Crippen molar-refractivity contribution < 1.29 is 0 Å². The minimum Gasteiger partial charge on any atom is -0.311 e. The molecule has 0 bridgehead atoms. The highest BCUT2D eigenvalue weighted by molar-refractivity contribution is 4.86. The maximum Gasteiger partial charge on any atom is 0.0220 e. The molecule has 2 unspecified atom stereocenters. The van der Waals surface area contributed by atoms with E-state index in [-0.39, 0.29) is 5.54 Å². The van der Waals surface area contributed by atoms with E-state index >= 15 is 0 Å². The number of piperidine rings is 1. The monoisotopic (exact) mass is 283 g/mol. The number of nitrogens with zero attached hydrogens (tertiary/aromatic N) is 2. The van der Waals surface area contributed by atoms with Crippen LogP contribution in [0.15, 0.2) is 0 Å². The van der Waals surface area contributed by atoms with Crippen molar-refractivity contribution in [3.8, 4) is 0 Å². The summed E-state index contributed by atoms with van der Waals surface area (Å²) in [6, 6.07) is 0.731. The van der Waals surface area contributed by atoms with Crippen molar-refractivity contribution in [2.45, 2.75) is 65.5 Å². The van der Waals surface area contributed by atoms with Crippen LogP contribution < -0.4 is 5.32 Å². The van der Waals surface area contributed by atoms with E-state index in [1.54, 1.807) is 0 Å². The molecule has 1 aliphatic rings. The van der Waals surface area contributed by atoms with Crippen LogP contribution in [-0.2, 0) is 0 Å². The third-order valence-corrected chi connectivity index (χ3v) is 4.75. The van der Waals surface area contributed by atoms with Crippen molar-refractivity contribution in [1.29, 1.82) is 0 Å². The fraction of sp³-hybridized carbons (Fsp3) is 1.00. The molecule has 1 N–H and O–H groups in total. The minimum atomic E-state index is 0.208. The molecule has 0 aromatic rings. The number of nitrogens with one attached hydrogen (secondary N) is 1. The third kappa shape index (κ3) is 6.11. The van der Waals surface area contributed by atoms with Gasteiger partial charge in [-0.2, -0.15) is 0 Å². The normalized spacial score (nSPS) is 24.9. The first kappa shape index (κ1) is 17.9. The van der Waals surface area contributed by atoms with Gasteiger partial charge in [0.25, 0.3) is 0 Å². The SMILES string of the molecule is CCC(C)(CNC(C)(C)C)CN(C)C1CCCN(C)C1. The summed E-state index contributed by atoms with van der Waals surface area (Å²) in [4.78, 5) is 5.07. The first-order chi connectivity index (χ1) is 9.15. The third-order valence-electron chi connectivity index (χ3n) is 4.75. The zero-order valence-electron chi connectivity index (χ0n) is 14.9. The molecular weight excluding hydrogens is 246 g/mol. The Bertz CT molecular complexity index is 284. The highest BCUT2D eigenvalue weighted by Crippen LogP contribution is 2.25. The standard InChI is InChI=1S/C17H37N3/c1-8-17(5,13-18-16(2,3)4)14-20(7)15-10-9-11-19(6)12-15/h15,18H,8-14H2,1-7H3. The fourth-order valence-electron chi connectivity index (χ4n) is 3.00. The smallest absolute Gasteiger partial charge is 0.0220 e. The predicted molar refractivity (Wildman–Crippen MR) is 89.3 cm³/mol. The van der Waals surface area contributed by atoms with Crippen LogP contribution in [0.4, 0.5) is 0 Å². The molecule has 1 saturated heterocycles. The van der Waals surface area contributed by atoms with E-state index in [0.29, 0.717) is 5.41 Å². The van der Waals surface area contributed by atoms with Gasteiger partial charge in [-0.1, -0.05) is 13.8 Å². The largest absolute Gasteiger partial charge is 0.311 e. The molecule has 120 valence electrons. The first-order valence-electron chi connectivity index (χ1n) is 8.29. The van der Waals surface area contributed by atoms with Gasteiger partial charge in [0, 0.05) is 31.2 Å². The summed E-state index contributed by atoms with van der Waals surface area (Å²) in [5, 5.41) is 3.69. The Kier molecular flexibility index (Phi) is 6.49. The lowest BCUT2D eigenvalue weighted by atomic mass is 9.85. The van der Waals surface area contributed by atoms with Crippen molar-refractivity contribution in [3.63, 3.8) is 0 Å². The Morgan fingerprint density at radius 3 is 2.40 bits per heavy atom. The first-order valence-corrected chi connectivity index (χ1v) is 8.29. The maximum absolute atomic E-state index is 3.69. The van der Waals surface area contributed by atoms with Crippen molar-refractivity contribution in [2.24, 2.45) is 5.41 Å². The Labute approximate surface area is 127 Å². The highest BCUT2D eigenvalue weighted by Gasteiger charge is 2.29. The molecule has 3 heteroatoms. The molecule has 0 aromatic heterocycles. The summed E-state index contributed by atoms with van der Waals surface area (Å²) in [5.41, 5.74) is 0.568. The second-order valence-corrected chi connectivity index (χ2v) is 8.24. The van der Waals surface area contributed by atoms with E-state index in [4.69, 9.17) is 0 Å². The van der Waals surface area contributed by atoms with Gasteiger partial charge in [-0.3, -0.25) is 0 Å². The molecule has 2 atom stereocenters. The molecule has 1 heterocycles. The number of hydrogen-bond donors (Lipinski definition) is 1. The van der Waals surface area contributed by atoms with Crippen LogP contribution in [0.5, 0.6) is 0 Å². The van der Waals surface area contributed by atoms with Crippen molar-refractivity contribution in [1.82, 2.24) is 15.1 Å². The van der Waals surface area contributed by atoms with Crippen LogP contribution in [0.2, 0.25) is 0 Å². The van der Waals surface area contributed by atoms with Gasteiger partial charge < -0.3 is 15.1 Å². The van der Waals surface area contributed by atoms with E-state index < -0.39 is 0 Å². The van der Waals surface area contributed by atoms with Crippen LogP contribution in [-0.4, -0.2) is 61.7 Å². The van der Waals surface area contributed by atoms with Crippen LogP contribution in [0.3, 0.4) is 0 Å². The van der Waals surface area contributed by atoms with Crippen LogP contribution in [0, 0.1) is 5.41 Å². The highest BCUT2D eigenvalue weighted by atomic mass is 15.2. The van der Waals surface area contributed by atoms with Gasteiger partial charge in [0.05, 0.1) is 0 Å². The molecule has 1 fully saturated rings. The molecule has 0 aliphatic carbocycles. The lowest BCUT2D eigenvalue weighted by molar-refractivity contribution is 0.0873. The molecule has 0 saturated carbocycles. The van der Waals surface area contributed by atoms with Crippen molar-refractivity contribution in [2.75, 3.05) is 40.3 Å². The zero-order chi connectivity index (χ0) is 15.4. The van der Waals surface area contributed by atoms with Crippen LogP contribution in [0.1, 0.15) is 53.9 Å². The van der Waals surface area contributed by atoms with Crippen molar-refractivity contribution >= 4 is 0 Å². The summed E-state index contributed by atoms with van der Waals surface area (Å²) in [6.45, 7) is 16.3. The average Bonchev–Trinajstić information content (AvgIpc) is 2.36. The number of hydrogen-bond acceptors (Lipinski definition) is 3. The van der Waals surface area contributed by atoms with E-state index in [1.807, 2.05) is 0 Å². The molecule has 1 aliphatic heterocycles. The predicted octanol–water partition coefficient (Wildman–Crippen LogP) is 2.82. The lowest BCUT2D eigenvalue weighted by Crippen LogP contribution is -2.51. The minimum absolute atomic E-state index is 0.208. The van der Waals surface area contributed by atoms with Gasteiger partial charge in [0.15, 0.2) is 0 Å². The number of likely N-dealkylation sites (N-methyl/N-ethyl adjacent to an activating group) is 2. The van der Waals surface area contributed by atoms with E-state index in [2.05, 4.69) is 63.8 Å². The van der Waals surface area contributed by atoms with Gasteiger partial charge in [-0.25, -0.2) is 0 Å². The van der Waals surface area contributed by atoms with Gasteiger partial charge in [-0.05, 0) is 66.1 Å². The lowest BCUT2D eigenvalue weighted by Gasteiger charge is -2.41. The second kappa shape index (κ2) is 7.24. The van der Waals surface area contributed by atoms with Crippen LogP contribution in [0.25, 0.3) is 0 Å². The van der Waals surface area contributed by atoms with E-state index in [9.17, 15) is 0 Å². The Morgan fingerprint density at radius 1 is 1.25 bits per heavy atom. The fourth-order valence-corrected chi connectivity index (χ4v) is 3.00. The summed E-state index contributed by atoms with van der Waals surface area (Å²) in [7, 11) is 4.56. The van der Waals surface area contributed by atoms with E-state index in [0.717, 1.165) is 12.6 Å². The molecule has 20 heavy (non-hydrogen) atoms. The Hall–Kier alpha value is -0.120. The molecular formula is C17H37N3. The summed E-state index contributed by atoms with van der Waals surface area (Å²) in [5.74, 6) is 0. The van der Waals surface area contributed by atoms with Crippen molar-refractivity contribution in [3.05, 3.63) is 0 Å². The second-order valence-electron chi connectivity index (χ2n) is 8.24. The molecule has 0 spiro atoms.